The SMILES string of the molecule is CCN(CC)CC.OB(O)O.OB(O)O. The van der Waals surface area contributed by atoms with Gasteiger partial charge >= 0.3 is 14.6 Å². The summed E-state index contributed by atoms with van der Waals surface area (Å²) in [6.45, 7) is 10.1. The molecule has 6 N–H and O–H groups in total. The van der Waals surface area contributed by atoms with Crippen LogP contribution in [-0.2, 0) is 0 Å². The third-order valence-electron chi connectivity index (χ3n) is 1.34. The molecule has 15 heavy (non-hydrogen) atoms. The first-order valence-corrected chi connectivity index (χ1v) is 4.62. The number of rotatable bonds is 3. The lowest BCUT2D eigenvalue weighted by molar-refractivity contribution is 0.276. The zero-order valence-corrected chi connectivity index (χ0v) is 9.41. The molecule has 0 radical (unpaired) electrons. The number of hydrogen-bond acceptors (Lipinski definition) is 7. The molecule has 0 rings (SSSR count). The monoisotopic (exact) mass is 225 g/mol. The van der Waals surface area contributed by atoms with E-state index in [0.717, 1.165) is 0 Å². The topological polar surface area (TPSA) is 125 Å². The summed E-state index contributed by atoms with van der Waals surface area (Å²) in [6, 6.07) is 0. The van der Waals surface area contributed by atoms with Crippen LogP contribution in [0.15, 0.2) is 0 Å². The van der Waals surface area contributed by atoms with Gasteiger partial charge in [0.25, 0.3) is 0 Å². The highest BCUT2D eigenvalue weighted by Crippen LogP contribution is 1.81. The summed E-state index contributed by atoms with van der Waals surface area (Å²) in [6.07, 6.45) is 0. The Morgan fingerprint density at radius 3 is 0.800 bits per heavy atom. The van der Waals surface area contributed by atoms with Crippen LogP contribution in [0, 0.1) is 0 Å². The van der Waals surface area contributed by atoms with Crippen LogP contribution in [0.25, 0.3) is 0 Å². The molecule has 0 saturated carbocycles. The molecule has 0 aromatic carbocycles. The maximum Gasteiger partial charge on any atom is 0.631 e. The van der Waals surface area contributed by atoms with Crippen molar-refractivity contribution in [2.45, 2.75) is 20.8 Å². The number of hydrogen-bond donors (Lipinski definition) is 6. The fraction of sp³-hybridized carbons (Fsp3) is 1.00. The van der Waals surface area contributed by atoms with Crippen LogP contribution in [0.3, 0.4) is 0 Å². The molecular weight excluding hydrogens is 204 g/mol. The Kier molecular flexibility index (Phi) is 22.0. The molecule has 0 spiro atoms. The lowest BCUT2D eigenvalue weighted by Gasteiger charge is -2.13. The van der Waals surface area contributed by atoms with Crippen molar-refractivity contribution in [3.05, 3.63) is 0 Å². The highest BCUT2D eigenvalue weighted by molar-refractivity contribution is 6.30. The van der Waals surface area contributed by atoms with E-state index >= 15 is 0 Å². The van der Waals surface area contributed by atoms with Crippen molar-refractivity contribution >= 4 is 14.6 Å². The van der Waals surface area contributed by atoms with Gasteiger partial charge in [-0.15, -0.1) is 0 Å². The van der Waals surface area contributed by atoms with E-state index in [0.29, 0.717) is 0 Å². The van der Waals surface area contributed by atoms with Gasteiger partial charge in [-0.05, 0) is 19.6 Å². The highest BCUT2D eigenvalue weighted by atomic mass is 16.5. The Hall–Kier alpha value is -0.150. The minimum atomic E-state index is -2.17. The van der Waals surface area contributed by atoms with Gasteiger partial charge in [0.1, 0.15) is 0 Å². The Morgan fingerprint density at radius 2 is 0.800 bits per heavy atom. The van der Waals surface area contributed by atoms with Crippen LogP contribution in [0.4, 0.5) is 0 Å². The molecule has 7 nitrogen and oxygen atoms in total. The van der Waals surface area contributed by atoms with Gasteiger partial charge in [-0.2, -0.15) is 0 Å². The molecule has 0 bridgehead atoms. The molecular formula is C6H21B2NO6. The van der Waals surface area contributed by atoms with Gasteiger partial charge in [0.15, 0.2) is 0 Å². The predicted octanol–water partition coefficient (Wildman–Crippen LogP) is -2.76. The zero-order valence-electron chi connectivity index (χ0n) is 9.41. The fourth-order valence-corrected chi connectivity index (χ4v) is 0.671. The van der Waals surface area contributed by atoms with Crippen LogP contribution in [-0.4, -0.2) is 69.3 Å². The van der Waals surface area contributed by atoms with Crippen LogP contribution in [0.1, 0.15) is 20.8 Å². The third-order valence-corrected chi connectivity index (χ3v) is 1.34. The van der Waals surface area contributed by atoms with Crippen molar-refractivity contribution in [3.63, 3.8) is 0 Å². The summed E-state index contributed by atoms with van der Waals surface area (Å²) in [4.78, 5) is 2.38. The van der Waals surface area contributed by atoms with Crippen molar-refractivity contribution in [2.24, 2.45) is 0 Å². The summed E-state index contributed by atoms with van der Waals surface area (Å²) < 4.78 is 0. The Bertz CT molecular complexity index is 86.6. The van der Waals surface area contributed by atoms with E-state index in [1.807, 2.05) is 0 Å². The predicted molar refractivity (Wildman–Crippen MR) is 58.3 cm³/mol. The second-order valence-corrected chi connectivity index (χ2v) is 2.31. The van der Waals surface area contributed by atoms with E-state index in [-0.39, 0.29) is 0 Å². The zero-order chi connectivity index (χ0) is 12.9. The summed E-state index contributed by atoms with van der Waals surface area (Å²) in [7, 11) is -4.33. The molecule has 9 heteroatoms. The van der Waals surface area contributed by atoms with Crippen molar-refractivity contribution in [1.29, 1.82) is 0 Å². The normalized spacial score (nSPS) is 8.40. The molecule has 0 atom stereocenters. The summed E-state index contributed by atoms with van der Waals surface area (Å²) in [5.74, 6) is 0. The maximum absolute atomic E-state index is 7.17. The van der Waals surface area contributed by atoms with Crippen LogP contribution in [0.2, 0.25) is 0 Å². The molecule has 0 unspecified atom stereocenters. The molecule has 0 aliphatic carbocycles. The van der Waals surface area contributed by atoms with Gasteiger partial charge in [-0.3, -0.25) is 0 Å². The van der Waals surface area contributed by atoms with Gasteiger partial charge in [-0.25, -0.2) is 0 Å². The molecule has 0 aromatic heterocycles. The molecule has 0 amide bonds. The second kappa shape index (κ2) is 16.3. The minimum absolute atomic E-state index is 1.19. The van der Waals surface area contributed by atoms with E-state index in [1.54, 1.807) is 0 Å². The Morgan fingerprint density at radius 1 is 0.667 bits per heavy atom. The van der Waals surface area contributed by atoms with Crippen molar-refractivity contribution in [1.82, 2.24) is 4.90 Å². The summed E-state index contributed by atoms with van der Waals surface area (Å²) in [5, 5.41) is 43.0. The smallest absolute Gasteiger partial charge is 0.402 e. The maximum atomic E-state index is 7.17. The Labute approximate surface area is 91.0 Å². The summed E-state index contributed by atoms with van der Waals surface area (Å²) in [5.41, 5.74) is 0. The fourth-order valence-electron chi connectivity index (χ4n) is 0.671. The van der Waals surface area contributed by atoms with Crippen LogP contribution < -0.4 is 0 Å². The molecule has 92 valence electrons. The van der Waals surface area contributed by atoms with Gasteiger partial charge in [0.2, 0.25) is 0 Å². The van der Waals surface area contributed by atoms with Gasteiger partial charge in [-0.1, -0.05) is 20.8 Å². The largest absolute Gasteiger partial charge is 0.631 e. The van der Waals surface area contributed by atoms with E-state index in [2.05, 4.69) is 25.7 Å². The minimum Gasteiger partial charge on any atom is -0.402 e. The van der Waals surface area contributed by atoms with E-state index < -0.39 is 14.6 Å². The second-order valence-electron chi connectivity index (χ2n) is 2.31. The van der Waals surface area contributed by atoms with Crippen molar-refractivity contribution in [2.75, 3.05) is 19.6 Å². The van der Waals surface area contributed by atoms with Gasteiger partial charge < -0.3 is 35.0 Å². The summed E-state index contributed by atoms with van der Waals surface area (Å²) >= 11 is 0. The number of nitrogens with zero attached hydrogens (tertiary/aromatic N) is 1. The van der Waals surface area contributed by atoms with E-state index in [4.69, 9.17) is 30.1 Å². The average molecular weight is 225 g/mol. The lowest BCUT2D eigenvalue weighted by atomic mass is 10.3. The molecule has 0 aliphatic heterocycles. The molecule has 0 fully saturated rings. The van der Waals surface area contributed by atoms with Crippen LogP contribution in [0.5, 0.6) is 0 Å². The average Bonchev–Trinajstić information content (AvgIpc) is 2.05. The quantitative estimate of drug-likeness (QED) is 0.287. The first-order chi connectivity index (χ1) is 6.81. The molecule has 0 aliphatic rings. The van der Waals surface area contributed by atoms with Crippen molar-refractivity contribution in [3.8, 4) is 0 Å². The van der Waals surface area contributed by atoms with E-state index in [9.17, 15) is 0 Å². The standard InChI is InChI=1S/C6H15N.2BH3O3/c1-4-7(5-2)6-3;2*2-1(3)4/h4-6H2,1-3H3;2*2-4H. The molecule has 0 aromatic rings. The van der Waals surface area contributed by atoms with E-state index in [1.165, 1.54) is 19.6 Å². The lowest BCUT2D eigenvalue weighted by Crippen LogP contribution is -2.21. The first-order valence-electron chi connectivity index (χ1n) is 4.62. The van der Waals surface area contributed by atoms with Crippen molar-refractivity contribution < 1.29 is 30.1 Å². The first kappa shape index (κ1) is 20.3. The third kappa shape index (κ3) is 56.8. The Balaban J connectivity index is -0.000000155. The molecule has 0 saturated heterocycles. The van der Waals surface area contributed by atoms with Gasteiger partial charge in [0.05, 0.1) is 0 Å². The highest BCUT2D eigenvalue weighted by Gasteiger charge is 1.93. The van der Waals surface area contributed by atoms with Gasteiger partial charge in [0, 0.05) is 0 Å². The van der Waals surface area contributed by atoms with Crippen LogP contribution >= 0.6 is 0 Å². The molecule has 0 heterocycles.